The van der Waals surface area contributed by atoms with Crippen molar-refractivity contribution in [2.75, 3.05) is 44.7 Å². The molecule has 0 bridgehead atoms. The van der Waals surface area contributed by atoms with E-state index in [1.807, 2.05) is 12.1 Å². The number of carbonyl (C=O) groups excluding carboxylic acids is 1. The molecule has 128 valence electrons. The Balaban J connectivity index is 1.97. The SMILES string of the molecule is CN(CC(=O)NO)S(=O)(=O)N1CCN(c2ccc(Cl)cc2)CC1. The second kappa shape index (κ2) is 7.45. The van der Waals surface area contributed by atoms with Gasteiger partial charge in [-0.15, -0.1) is 0 Å². The molecule has 1 fully saturated rings. The van der Waals surface area contributed by atoms with Crippen molar-refractivity contribution in [3.05, 3.63) is 29.3 Å². The molecule has 1 aliphatic rings. The first-order valence-corrected chi connectivity index (χ1v) is 8.77. The standard InChI is InChI=1S/C13H19ClN4O4S/c1-16(10-13(19)15-20)23(21,22)18-8-6-17(7-9-18)12-4-2-11(14)3-5-12/h2-5,20H,6-10H2,1H3,(H,15,19). The van der Waals surface area contributed by atoms with Crippen LogP contribution in [0.5, 0.6) is 0 Å². The van der Waals surface area contributed by atoms with Gasteiger partial charge in [0.15, 0.2) is 0 Å². The highest BCUT2D eigenvalue weighted by Gasteiger charge is 2.31. The van der Waals surface area contributed by atoms with E-state index in [4.69, 9.17) is 16.8 Å². The third-order valence-corrected chi connectivity index (χ3v) is 5.83. The van der Waals surface area contributed by atoms with Crippen molar-refractivity contribution >= 4 is 33.4 Å². The maximum Gasteiger partial charge on any atom is 0.282 e. The fraction of sp³-hybridized carbons (Fsp3) is 0.462. The predicted molar refractivity (Wildman–Crippen MR) is 86.7 cm³/mol. The van der Waals surface area contributed by atoms with Gasteiger partial charge in [0.1, 0.15) is 0 Å². The van der Waals surface area contributed by atoms with E-state index in [1.165, 1.54) is 16.8 Å². The number of likely N-dealkylation sites (N-methyl/N-ethyl adjacent to an activating group) is 1. The molecular weight excluding hydrogens is 344 g/mol. The zero-order valence-electron chi connectivity index (χ0n) is 12.6. The lowest BCUT2D eigenvalue weighted by Gasteiger charge is -2.36. The minimum Gasteiger partial charge on any atom is -0.369 e. The van der Waals surface area contributed by atoms with Crippen molar-refractivity contribution in [2.24, 2.45) is 0 Å². The molecule has 0 aromatic heterocycles. The molecule has 23 heavy (non-hydrogen) atoms. The molecule has 1 aromatic carbocycles. The Bertz CT molecular complexity index is 644. The number of hydroxylamine groups is 1. The number of carbonyl (C=O) groups is 1. The van der Waals surface area contributed by atoms with E-state index >= 15 is 0 Å². The van der Waals surface area contributed by atoms with Gasteiger partial charge in [0.25, 0.3) is 16.1 Å². The first kappa shape index (κ1) is 18.0. The molecule has 10 heteroatoms. The lowest BCUT2D eigenvalue weighted by atomic mass is 10.2. The van der Waals surface area contributed by atoms with Gasteiger partial charge in [0, 0.05) is 43.9 Å². The first-order valence-electron chi connectivity index (χ1n) is 6.99. The van der Waals surface area contributed by atoms with E-state index in [0.29, 0.717) is 31.2 Å². The summed E-state index contributed by atoms with van der Waals surface area (Å²) in [5.74, 6) is -0.782. The van der Waals surface area contributed by atoms with Gasteiger partial charge in [-0.1, -0.05) is 11.6 Å². The summed E-state index contributed by atoms with van der Waals surface area (Å²) in [4.78, 5) is 13.2. The molecule has 0 atom stereocenters. The molecule has 1 heterocycles. The fourth-order valence-corrected chi connectivity index (χ4v) is 3.77. The van der Waals surface area contributed by atoms with E-state index < -0.39 is 22.7 Å². The van der Waals surface area contributed by atoms with Gasteiger partial charge in [0.2, 0.25) is 0 Å². The lowest BCUT2D eigenvalue weighted by molar-refractivity contribution is -0.129. The van der Waals surface area contributed by atoms with Crippen LogP contribution in [0.1, 0.15) is 0 Å². The summed E-state index contributed by atoms with van der Waals surface area (Å²) in [6.45, 7) is 1.28. The Morgan fingerprint density at radius 3 is 2.35 bits per heavy atom. The molecule has 2 N–H and O–H groups in total. The average molecular weight is 363 g/mol. The van der Waals surface area contributed by atoms with Crippen molar-refractivity contribution < 1.29 is 18.4 Å². The van der Waals surface area contributed by atoms with Gasteiger partial charge in [-0.3, -0.25) is 10.0 Å². The van der Waals surface area contributed by atoms with E-state index in [2.05, 4.69) is 4.90 Å². The number of rotatable bonds is 5. The van der Waals surface area contributed by atoms with Crippen LogP contribution in [0.3, 0.4) is 0 Å². The molecule has 1 amide bonds. The fourth-order valence-electron chi connectivity index (χ4n) is 2.35. The van der Waals surface area contributed by atoms with Crippen LogP contribution in [-0.2, 0) is 15.0 Å². The largest absolute Gasteiger partial charge is 0.369 e. The summed E-state index contributed by atoms with van der Waals surface area (Å²) >= 11 is 5.86. The highest BCUT2D eigenvalue weighted by atomic mass is 35.5. The second-order valence-electron chi connectivity index (χ2n) is 5.16. The Morgan fingerprint density at radius 2 is 1.83 bits per heavy atom. The van der Waals surface area contributed by atoms with Crippen LogP contribution in [0.25, 0.3) is 0 Å². The number of halogens is 1. The summed E-state index contributed by atoms with van der Waals surface area (Å²) < 4.78 is 27.0. The quantitative estimate of drug-likeness (QED) is 0.574. The Morgan fingerprint density at radius 1 is 1.26 bits per heavy atom. The molecule has 0 unspecified atom stereocenters. The number of amides is 1. The smallest absolute Gasteiger partial charge is 0.282 e. The van der Waals surface area contributed by atoms with E-state index in [0.717, 1.165) is 9.99 Å². The van der Waals surface area contributed by atoms with Crippen molar-refractivity contribution in [1.82, 2.24) is 14.1 Å². The average Bonchev–Trinajstić information content (AvgIpc) is 2.55. The van der Waals surface area contributed by atoms with E-state index in [9.17, 15) is 13.2 Å². The zero-order valence-corrected chi connectivity index (χ0v) is 14.2. The maximum absolute atomic E-state index is 12.4. The molecule has 8 nitrogen and oxygen atoms in total. The maximum atomic E-state index is 12.4. The number of hydrogen-bond donors (Lipinski definition) is 2. The Kier molecular flexibility index (Phi) is 5.82. The summed E-state index contributed by atoms with van der Waals surface area (Å²) in [6.07, 6.45) is 0. The summed E-state index contributed by atoms with van der Waals surface area (Å²) in [5, 5.41) is 9.14. The van der Waals surface area contributed by atoms with Crippen molar-refractivity contribution in [2.45, 2.75) is 0 Å². The molecule has 1 aromatic rings. The highest BCUT2D eigenvalue weighted by molar-refractivity contribution is 7.86. The molecular formula is C13H19ClN4O4S. The normalized spacial score (nSPS) is 16.6. The monoisotopic (exact) mass is 362 g/mol. The molecule has 0 radical (unpaired) electrons. The summed E-state index contributed by atoms with van der Waals surface area (Å²) in [7, 11) is -2.43. The van der Waals surface area contributed by atoms with Crippen molar-refractivity contribution in [1.29, 1.82) is 0 Å². The van der Waals surface area contributed by atoms with Gasteiger partial charge in [-0.05, 0) is 24.3 Å². The van der Waals surface area contributed by atoms with Crippen LogP contribution in [-0.4, -0.2) is 67.9 Å². The van der Waals surface area contributed by atoms with Crippen LogP contribution >= 0.6 is 11.6 Å². The number of anilines is 1. The summed E-state index contributed by atoms with van der Waals surface area (Å²) in [5.41, 5.74) is 2.41. The van der Waals surface area contributed by atoms with Crippen LogP contribution in [0.4, 0.5) is 5.69 Å². The van der Waals surface area contributed by atoms with Crippen molar-refractivity contribution in [3.63, 3.8) is 0 Å². The Hall–Kier alpha value is -1.39. The van der Waals surface area contributed by atoms with Crippen LogP contribution in [0.15, 0.2) is 24.3 Å². The van der Waals surface area contributed by atoms with Crippen LogP contribution in [0.2, 0.25) is 5.02 Å². The van der Waals surface area contributed by atoms with Gasteiger partial charge in [-0.25, -0.2) is 5.48 Å². The highest BCUT2D eigenvalue weighted by Crippen LogP contribution is 2.20. The van der Waals surface area contributed by atoms with Gasteiger partial charge >= 0.3 is 0 Å². The molecule has 0 aliphatic carbocycles. The second-order valence-corrected chi connectivity index (χ2v) is 7.63. The van der Waals surface area contributed by atoms with Gasteiger partial charge in [-0.2, -0.15) is 17.0 Å². The third kappa shape index (κ3) is 4.33. The third-order valence-electron chi connectivity index (χ3n) is 3.64. The molecule has 1 aliphatic heterocycles. The lowest BCUT2D eigenvalue weighted by Crippen LogP contribution is -2.53. The number of piperazine rings is 1. The number of nitrogens with one attached hydrogen (secondary N) is 1. The molecule has 2 rings (SSSR count). The number of hydrogen-bond acceptors (Lipinski definition) is 5. The summed E-state index contributed by atoms with van der Waals surface area (Å²) in [6, 6.07) is 7.37. The number of nitrogens with zero attached hydrogens (tertiary/aromatic N) is 3. The molecule has 0 spiro atoms. The molecule has 0 saturated carbocycles. The minimum absolute atomic E-state index is 0.316. The van der Waals surface area contributed by atoms with E-state index in [-0.39, 0.29) is 0 Å². The first-order chi connectivity index (χ1) is 10.8. The van der Waals surface area contributed by atoms with Gasteiger partial charge in [0.05, 0.1) is 6.54 Å². The van der Waals surface area contributed by atoms with Crippen LogP contribution < -0.4 is 10.4 Å². The number of benzene rings is 1. The predicted octanol–water partition coefficient (Wildman–Crippen LogP) is 0.144. The molecule has 1 saturated heterocycles. The Labute approximate surface area is 140 Å². The topological polar surface area (TPSA) is 93.2 Å². The minimum atomic E-state index is -3.73. The van der Waals surface area contributed by atoms with Crippen LogP contribution in [0, 0.1) is 0 Å². The zero-order chi connectivity index (χ0) is 17.0. The van der Waals surface area contributed by atoms with E-state index in [1.54, 1.807) is 12.1 Å². The van der Waals surface area contributed by atoms with Crippen molar-refractivity contribution in [3.8, 4) is 0 Å². The van der Waals surface area contributed by atoms with Gasteiger partial charge < -0.3 is 4.90 Å².